The molecule has 0 amide bonds. The Bertz CT molecular complexity index is 634. The summed E-state index contributed by atoms with van der Waals surface area (Å²) in [7, 11) is 0. The molecule has 5 nitrogen and oxygen atoms in total. The van der Waals surface area contributed by atoms with Crippen molar-refractivity contribution < 1.29 is 5.11 Å². The van der Waals surface area contributed by atoms with Crippen LogP contribution in [-0.4, -0.2) is 43.7 Å². The number of rotatable bonds is 4. The molecule has 1 aliphatic heterocycles. The SMILES string of the molecule is OC1(Cn2ccnn2)CCCN(Cc2ccc(Cl)c(Cl)c2)C1. The maximum absolute atomic E-state index is 10.8. The lowest BCUT2D eigenvalue weighted by atomic mass is 9.92. The molecule has 22 heavy (non-hydrogen) atoms. The highest BCUT2D eigenvalue weighted by Crippen LogP contribution is 2.26. The predicted octanol–water partition coefficient (Wildman–Crippen LogP) is 2.61. The second-order valence-corrected chi connectivity index (χ2v) is 6.70. The first-order valence-electron chi connectivity index (χ1n) is 7.27. The highest BCUT2D eigenvalue weighted by atomic mass is 35.5. The van der Waals surface area contributed by atoms with Gasteiger partial charge in [-0.3, -0.25) is 4.90 Å². The maximum Gasteiger partial charge on any atom is 0.0970 e. The van der Waals surface area contributed by atoms with Gasteiger partial charge in [-0.15, -0.1) is 5.10 Å². The van der Waals surface area contributed by atoms with Crippen LogP contribution in [0.2, 0.25) is 10.0 Å². The summed E-state index contributed by atoms with van der Waals surface area (Å²) >= 11 is 12.0. The lowest BCUT2D eigenvalue weighted by Gasteiger charge is -2.39. The summed E-state index contributed by atoms with van der Waals surface area (Å²) in [5, 5.41) is 19.7. The Morgan fingerprint density at radius 3 is 2.86 bits per heavy atom. The lowest BCUT2D eigenvalue weighted by Crippen LogP contribution is -2.50. The van der Waals surface area contributed by atoms with E-state index in [-0.39, 0.29) is 0 Å². The van der Waals surface area contributed by atoms with Gasteiger partial charge in [0.25, 0.3) is 0 Å². The fourth-order valence-electron chi connectivity index (χ4n) is 2.98. The van der Waals surface area contributed by atoms with Crippen LogP contribution in [-0.2, 0) is 13.1 Å². The molecule has 0 saturated carbocycles. The molecule has 1 fully saturated rings. The first-order chi connectivity index (χ1) is 10.5. The van der Waals surface area contributed by atoms with E-state index in [9.17, 15) is 5.11 Å². The molecule has 3 rings (SSSR count). The number of nitrogens with zero attached hydrogens (tertiary/aromatic N) is 4. The Morgan fingerprint density at radius 2 is 2.14 bits per heavy atom. The molecular weight excluding hydrogens is 323 g/mol. The van der Waals surface area contributed by atoms with Crippen molar-refractivity contribution in [2.75, 3.05) is 13.1 Å². The summed E-state index contributed by atoms with van der Waals surface area (Å²) in [6.07, 6.45) is 5.12. The van der Waals surface area contributed by atoms with Crippen molar-refractivity contribution in [1.29, 1.82) is 0 Å². The fraction of sp³-hybridized carbons (Fsp3) is 0.467. The molecule has 0 aliphatic carbocycles. The van der Waals surface area contributed by atoms with E-state index in [1.807, 2.05) is 18.2 Å². The van der Waals surface area contributed by atoms with Crippen LogP contribution in [0.15, 0.2) is 30.6 Å². The average molecular weight is 341 g/mol. The molecule has 118 valence electrons. The van der Waals surface area contributed by atoms with Gasteiger partial charge in [-0.2, -0.15) is 0 Å². The third kappa shape index (κ3) is 3.79. The zero-order valence-corrected chi connectivity index (χ0v) is 13.6. The van der Waals surface area contributed by atoms with Gasteiger partial charge in [-0.1, -0.05) is 34.5 Å². The summed E-state index contributed by atoms with van der Waals surface area (Å²) < 4.78 is 1.68. The lowest BCUT2D eigenvalue weighted by molar-refractivity contribution is -0.0478. The van der Waals surface area contributed by atoms with E-state index in [1.165, 1.54) is 0 Å². The largest absolute Gasteiger partial charge is 0.387 e. The molecule has 0 spiro atoms. The fourth-order valence-corrected chi connectivity index (χ4v) is 3.31. The van der Waals surface area contributed by atoms with Crippen molar-refractivity contribution in [1.82, 2.24) is 19.9 Å². The van der Waals surface area contributed by atoms with Gasteiger partial charge in [0.1, 0.15) is 0 Å². The number of aliphatic hydroxyl groups is 1. The van der Waals surface area contributed by atoms with Gasteiger partial charge < -0.3 is 5.11 Å². The topological polar surface area (TPSA) is 54.2 Å². The van der Waals surface area contributed by atoms with Gasteiger partial charge in [0.2, 0.25) is 0 Å². The molecule has 2 heterocycles. The Labute approximate surface area is 139 Å². The molecule has 1 aliphatic rings. The van der Waals surface area contributed by atoms with E-state index in [2.05, 4.69) is 15.2 Å². The second-order valence-electron chi connectivity index (χ2n) is 5.89. The first kappa shape index (κ1) is 15.7. The van der Waals surface area contributed by atoms with Crippen molar-refractivity contribution in [3.63, 3.8) is 0 Å². The quantitative estimate of drug-likeness (QED) is 0.929. The van der Waals surface area contributed by atoms with Crippen molar-refractivity contribution in [2.45, 2.75) is 31.5 Å². The molecule has 7 heteroatoms. The summed E-state index contributed by atoms with van der Waals surface area (Å²) in [6.45, 7) is 2.77. The van der Waals surface area contributed by atoms with E-state index < -0.39 is 5.60 Å². The number of benzene rings is 1. The number of halogens is 2. The summed E-state index contributed by atoms with van der Waals surface area (Å²) in [4.78, 5) is 2.24. The number of aromatic nitrogens is 3. The monoisotopic (exact) mass is 340 g/mol. The zero-order valence-electron chi connectivity index (χ0n) is 12.1. The van der Waals surface area contributed by atoms with Crippen LogP contribution in [0.5, 0.6) is 0 Å². The average Bonchev–Trinajstić information content (AvgIpc) is 2.95. The summed E-state index contributed by atoms with van der Waals surface area (Å²) in [6, 6.07) is 5.67. The smallest absolute Gasteiger partial charge is 0.0970 e. The third-order valence-electron chi connectivity index (χ3n) is 3.95. The molecular formula is C15H18Cl2N4O. The van der Waals surface area contributed by atoms with Gasteiger partial charge in [0.15, 0.2) is 0 Å². The van der Waals surface area contributed by atoms with Gasteiger partial charge in [-0.05, 0) is 37.1 Å². The number of piperidine rings is 1. The van der Waals surface area contributed by atoms with Crippen LogP contribution in [0.1, 0.15) is 18.4 Å². The molecule has 1 N–H and O–H groups in total. The molecule has 1 aromatic heterocycles. The van der Waals surface area contributed by atoms with Crippen LogP contribution in [0, 0.1) is 0 Å². The van der Waals surface area contributed by atoms with Crippen molar-refractivity contribution in [3.8, 4) is 0 Å². The Hall–Kier alpha value is -1.14. The van der Waals surface area contributed by atoms with Gasteiger partial charge in [0.05, 0.1) is 28.4 Å². The van der Waals surface area contributed by atoms with E-state index in [0.717, 1.165) is 31.5 Å². The van der Waals surface area contributed by atoms with Crippen molar-refractivity contribution >= 4 is 23.2 Å². The van der Waals surface area contributed by atoms with Crippen molar-refractivity contribution in [3.05, 3.63) is 46.2 Å². The van der Waals surface area contributed by atoms with E-state index in [1.54, 1.807) is 17.1 Å². The molecule has 0 radical (unpaired) electrons. The number of hydrogen-bond donors (Lipinski definition) is 1. The number of β-amino-alcohol motifs (C(OH)–C–C–N with tert-alkyl or cyclic N) is 1. The van der Waals surface area contributed by atoms with Crippen LogP contribution in [0.25, 0.3) is 0 Å². The first-order valence-corrected chi connectivity index (χ1v) is 8.02. The second kappa shape index (κ2) is 6.54. The number of likely N-dealkylation sites (tertiary alicyclic amines) is 1. The predicted molar refractivity (Wildman–Crippen MR) is 85.9 cm³/mol. The van der Waals surface area contributed by atoms with Gasteiger partial charge in [0, 0.05) is 19.3 Å². The molecule has 1 unspecified atom stereocenters. The van der Waals surface area contributed by atoms with Crippen LogP contribution in [0.3, 0.4) is 0 Å². The molecule has 1 atom stereocenters. The van der Waals surface area contributed by atoms with E-state index >= 15 is 0 Å². The van der Waals surface area contributed by atoms with E-state index in [0.29, 0.717) is 23.1 Å². The molecule has 2 aromatic rings. The summed E-state index contributed by atoms with van der Waals surface area (Å²) in [5.41, 5.74) is 0.321. The zero-order chi connectivity index (χ0) is 15.6. The van der Waals surface area contributed by atoms with Gasteiger partial charge in [-0.25, -0.2) is 4.68 Å². The van der Waals surface area contributed by atoms with Crippen LogP contribution >= 0.6 is 23.2 Å². The molecule has 1 aromatic carbocycles. The number of hydrogen-bond acceptors (Lipinski definition) is 4. The van der Waals surface area contributed by atoms with E-state index in [4.69, 9.17) is 23.2 Å². The van der Waals surface area contributed by atoms with Gasteiger partial charge >= 0.3 is 0 Å². The Kier molecular flexibility index (Phi) is 4.68. The minimum absolute atomic E-state index is 0.463. The van der Waals surface area contributed by atoms with Crippen molar-refractivity contribution in [2.24, 2.45) is 0 Å². The maximum atomic E-state index is 10.8. The molecule has 1 saturated heterocycles. The standard InChI is InChI=1S/C15H18Cl2N4O/c16-13-3-2-12(8-14(13)17)9-20-6-1-4-15(22,10-20)11-21-7-5-18-19-21/h2-3,5,7-8,22H,1,4,6,9-11H2. The highest BCUT2D eigenvalue weighted by Gasteiger charge is 2.33. The van der Waals surface area contributed by atoms with Crippen LogP contribution in [0.4, 0.5) is 0 Å². The molecule has 0 bridgehead atoms. The third-order valence-corrected chi connectivity index (χ3v) is 4.69. The minimum atomic E-state index is -0.776. The Balaban J connectivity index is 1.66. The summed E-state index contributed by atoms with van der Waals surface area (Å²) in [5.74, 6) is 0. The minimum Gasteiger partial charge on any atom is -0.387 e. The Morgan fingerprint density at radius 1 is 1.27 bits per heavy atom. The normalized spacial score (nSPS) is 22.9. The van der Waals surface area contributed by atoms with Crippen LogP contribution < -0.4 is 0 Å². The highest BCUT2D eigenvalue weighted by molar-refractivity contribution is 6.42.